The van der Waals surface area contributed by atoms with Crippen LogP contribution < -0.4 is 30.2 Å². The standard InChI is InChI=1S/C19H32N4O4.HI/c1-19(2,3)17(24)21-8-9-22-18(20-4)23-12-13-10-14(25-5)16(27-7)15(11-13)26-6;/h10-11H,8-9,12H2,1-7H3,(H,21,24)(H2,20,22,23);1H. The zero-order valence-electron chi connectivity index (χ0n) is 17.8. The second-order valence-corrected chi connectivity index (χ2v) is 6.89. The largest absolute Gasteiger partial charge is 0.493 e. The number of rotatable bonds is 8. The van der Waals surface area contributed by atoms with E-state index in [1.165, 1.54) is 0 Å². The van der Waals surface area contributed by atoms with Crippen molar-refractivity contribution in [3.8, 4) is 17.2 Å². The predicted molar refractivity (Wildman–Crippen MR) is 122 cm³/mol. The number of methoxy groups -OCH3 is 3. The van der Waals surface area contributed by atoms with Crippen molar-refractivity contribution in [2.24, 2.45) is 10.4 Å². The number of halogens is 1. The Balaban J connectivity index is 0.00000729. The van der Waals surface area contributed by atoms with Crippen LogP contribution >= 0.6 is 24.0 Å². The molecule has 0 atom stereocenters. The number of guanidine groups is 1. The number of nitrogens with zero attached hydrogens (tertiary/aromatic N) is 1. The summed E-state index contributed by atoms with van der Waals surface area (Å²) in [6, 6.07) is 3.76. The normalized spacial score (nSPS) is 11.2. The number of ether oxygens (including phenoxy) is 3. The zero-order valence-corrected chi connectivity index (χ0v) is 20.1. The second-order valence-electron chi connectivity index (χ2n) is 6.89. The zero-order chi connectivity index (χ0) is 20.4. The molecule has 0 aliphatic rings. The van der Waals surface area contributed by atoms with Crippen LogP contribution in [-0.4, -0.2) is 53.3 Å². The van der Waals surface area contributed by atoms with Crippen molar-refractivity contribution in [2.45, 2.75) is 27.3 Å². The Morgan fingerprint density at radius 1 is 0.964 bits per heavy atom. The first-order valence-corrected chi connectivity index (χ1v) is 8.78. The van der Waals surface area contributed by atoms with Gasteiger partial charge in [-0.15, -0.1) is 24.0 Å². The lowest BCUT2D eigenvalue weighted by Crippen LogP contribution is -2.43. The molecule has 0 saturated carbocycles. The lowest BCUT2D eigenvalue weighted by molar-refractivity contribution is -0.128. The van der Waals surface area contributed by atoms with Crippen LogP contribution in [0, 0.1) is 5.41 Å². The molecule has 0 aliphatic carbocycles. The van der Waals surface area contributed by atoms with Crippen LogP contribution in [0.2, 0.25) is 0 Å². The maximum absolute atomic E-state index is 11.8. The van der Waals surface area contributed by atoms with Gasteiger partial charge in [-0.05, 0) is 17.7 Å². The molecule has 1 amide bonds. The van der Waals surface area contributed by atoms with Gasteiger partial charge in [0.2, 0.25) is 11.7 Å². The third-order valence-electron chi connectivity index (χ3n) is 3.79. The minimum atomic E-state index is -0.396. The number of amides is 1. The van der Waals surface area contributed by atoms with Crippen LogP contribution in [0.15, 0.2) is 17.1 Å². The molecular weight excluding hydrogens is 475 g/mol. The summed E-state index contributed by atoms with van der Waals surface area (Å²) < 4.78 is 16.1. The van der Waals surface area contributed by atoms with Crippen LogP contribution in [-0.2, 0) is 11.3 Å². The van der Waals surface area contributed by atoms with Gasteiger partial charge in [0.05, 0.1) is 21.3 Å². The van der Waals surface area contributed by atoms with Gasteiger partial charge in [0, 0.05) is 32.1 Å². The molecule has 0 saturated heterocycles. The number of benzene rings is 1. The molecule has 0 heterocycles. The van der Waals surface area contributed by atoms with E-state index in [2.05, 4.69) is 20.9 Å². The predicted octanol–water partition coefficient (Wildman–Crippen LogP) is 2.16. The first kappa shape index (κ1) is 26.1. The van der Waals surface area contributed by atoms with Crippen LogP contribution in [0.3, 0.4) is 0 Å². The van der Waals surface area contributed by atoms with Crippen LogP contribution in [0.1, 0.15) is 26.3 Å². The number of carbonyl (C=O) groups is 1. The van der Waals surface area contributed by atoms with Gasteiger partial charge in [0.1, 0.15) is 0 Å². The van der Waals surface area contributed by atoms with E-state index in [-0.39, 0.29) is 29.9 Å². The molecular formula is C19H33IN4O4. The van der Waals surface area contributed by atoms with Gasteiger partial charge in [0.25, 0.3) is 0 Å². The lowest BCUT2D eigenvalue weighted by atomic mass is 9.96. The first-order chi connectivity index (χ1) is 12.8. The summed E-state index contributed by atoms with van der Waals surface area (Å²) in [6.07, 6.45) is 0. The highest BCUT2D eigenvalue weighted by molar-refractivity contribution is 14.0. The SMILES string of the molecule is CN=C(NCCNC(=O)C(C)(C)C)NCc1cc(OC)c(OC)c(OC)c1.I. The van der Waals surface area contributed by atoms with Gasteiger partial charge in [-0.3, -0.25) is 9.79 Å². The smallest absolute Gasteiger partial charge is 0.225 e. The lowest BCUT2D eigenvalue weighted by Gasteiger charge is -2.18. The van der Waals surface area contributed by atoms with Gasteiger partial charge in [-0.25, -0.2) is 0 Å². The average Bonchev–Trinajstić information content (AvgIpc) is 2.65. The Morgan fingerprint density at radius 3 is 1.93 bits per heavy atom. The fraction of sp³-hybridized carbons (Fsp3) is 0.579. The van der Waals surface area contributed by atoms with Crippen molar-refractivity contribution >= 4 is 35.8 Å². The van der Waals surface area contributed by atoms with Crippen molar-refractivity contribution in [1.82, 2.24) is 16.0 Å². The summed E-state index contributed by atoms with van der Waals surface area (Å²) in [6.45, 7) is 7.25. The summed E-state index contributed by atoms with van der Waals surface area (Å²) >= 11 is 0. The Labute approximate surface area is 184 Å². The van der Waals surface area contributed by atoms with E-state index < -0.39 is 5.41 Å². The molecule has 9 heteroatoms. The first-order valence-electron chi connectivity index (χ1n) is 8.78. The second kappa shape index (κ2) is 12.5. The van der Waals surface area contributed by atoms with E-state index >= 15 is 0 Å². The molecule has 0 unspecified atom stereocenters. The highest BCUT2D eigenvalue weighted by atomic mass is 127. The average molecular weight is 508 g/mol. The van der Waals surface area contributed by atoms with Crippen molar-refractivity contribution < 1.29 is 19.0 Å². The molecule has 3 N–H and O–H groups in total. The monoisotopic (exact) mass is 508 g/mol. The van der Waals surface area contributed by atoms with Crippen LogP contribution in [0.25, 0.3) is 0 Å². The molecule has 0 aromatic heterocycles. The fourth-order valence-corrected chi connectivity index (χ4v) is 2.27. The Hall–Kier alpha value is -1.91. The Bertz CT molecular complexity index is 635. The third-order valence-corrected chi connectivity index (χ3v) is 3.79. The molecule has 1 aromatic carbocycles. The summed E-state index contributed by atoms with van der Waals surface area (Å²) in [4.78, 5) is 16.0. The van der Waals surface area contributed by atoms with Crippen LogP contribution in [0.4, 0.5) is 0 Å². The summed E-state index contributed by atoms with van der Waals surface area (Å²) in [7, 11) is 6.43. The minimum Gasteiger partial charge on any atom is -0.493 e. The van der Waals surface area contributed by atoms with Gasteiger partial charge in [-0.1, -0.05) is 20.8 Å². The molecule has 0 bridgehead atoms. The van der Waals surface area contributed by atoms with E-state index in [4.69, 9.17) is 14.2 Å². The van der Waals surface area contributed by atoms with E-state index in [1.54, 1.807) is 28.4 Å². The minimum absolute atomic E-state index is 0. The third kappa shape index (κ3) is 7.99. The fourth-order valence-electron chi connectivity index (χ4n) is 2.27. The summed E-state index contributed by atoms with van der Waals surface area (Å²) in [5.74, 6) is 2.40. The molecule has 160 valence electrons. The van der Waals surface area contributed by atoms with Gasteiger partial charge in [0.15, 0.2) is 17.5 Å². The van der Waals surface area contributed by atoms with Crippen molar-refractivity contribution in [3.63, 3.8) is 0 Å². The molecule has 0 spiro atoms. The van der Waals surface area contributed by atoms with E-state index in [9.17, 15) is 4.79 Å². The van der Waals surface area contributed by atoms with E-state index in [0.29, 0.717) is 42.8 Å². The molecule has 8 nitrogen and oxygen atoms in total. The highest BCUT2D eigenvalue weighted by Crippen LogP contribution is 2.38. The molecule has 1 rings (SSSR count). The quantitative estimate of drug-likeness (QED) is 0.216. The highest BCUT2D eigenvalue weighted by Gasteiger charge is 2.20. The van der Waals surface area contributed by atoms with Crippen molar-refractivity contribution in [3.05, 3.63) is 17.7 Å². The van der Waals surface area contributed by atoms with Crippen molar-refractivity contribution in [2.75, 3.05) is 41.5 Å². The molecule has 0 radical (unpaired) electrons. The Morgan fingerprint density at radius 2 is 1.50 bits per heavy atom. The summed E-state index contributed by atoms with van der Waals surface area (Å²) in [5.41, 5.74) is 0.556. The number of aliphatic imine (C=N–C) groups is 1. The molecule has 28 heavy (non-hydrogen) atoms. The topological polar surface area (TPSA) is 93.2 Å². The maximum Gasteiger partial charge on any atom is 0.225 e. The summed E-state index contributed by atoms with van der Waals surface area (Å²) in [5, 5.41) is 9.27. The van der Waals surface area contributed by atoms with E-state index in [0.717, 1.165) is 5.56 Å². The number of hydrogen-bond donors (Lipinski definition) is 3. The Kier molecular flexibility index (Phi) is 11.7. The number of carbonyl (C=O) groups excluding carboxylic acids is 1. The molecule has 1 aromatic rings. The van der Waals surface area contributed by atoms with Crippen molar-refractivity contribution in [1.29, 1.82) is 0 Å². The number of hydrogen-bond acceptors (Lipinski definition) is 5. The van der Waals surface area contributed by atoms with Gasteiger partial charge < -0.3 is 30.2 Å². The van der Waals surface area contributed by atoms with E-state index in [1.807, 2.05) is 32.9 Å². The van der Waals surface area contributed by atoms with Gasteiger partial charge >= 0.3 is 0 Å². The molecule has 0 fully saturated rings. The maximum atomic E-state index is 11.8. The molecule has 0 aliphatic heterocycles. The van der Waals surface area contributed by atoms with Gasteiger partial charge in [-0.2, -0.15) is 0 Å². The number of nitrogens with one attached hydrogen (secondary N) is 3. The van der Waals surface area contributed by atoms with Crippen LogP contribution in [0.5, 0.6) is 17.2 Å².